The van der Waals surface area contributed by atoms with Crippen LogP contribution in [0.4, 0.5) is 0 Å². The van der Waals surface area contributed by atoms with Crippen LogP contribution in [0.15, 0.2) is 33.6 Å². The molecule has 5 heteroatoms. The van der Waals surface area contributed by atoms with Crippen molar-refractivity contribution < 1.29 is 4.42 Å². The van der Waals surface area contributed by atoms with Crippen molar-refractivity contribution in [2.45, 2.75) is 0 Å². The topological polar surface area (TPSA) is 38.9 Å². The Kier molecular flexibility index (Phi) is 2.33. The quantitative estimate of drug-likeness (QED) is 0.790. The Morgan fingerprint density at radius 2 is 2.23 bits per heavy atom. The molecule has 0 N–H and O–H groups in total. The monoisotopic (exact) mass is 258 g/mol. The number of nitrogens with zero attached hydrogens (tertiary/aromatic N) is 2. The van der Waals surface area contributed by atoms with E-state index in [0.29, 0.717) is 16.6 Å². The summed E-state index contributed by atoms with van der Waals surface area (Å²) in [4.78, 5) is 8.03. The Balaban J connectivity index is 2.53. The second-order valence-electron chi connectivity index (χ2n) is 2.32. The maximum atomic E-state index is 5.93. The summed E-state index contributed by atoms with van der Waals surface area (Å²) in [6.07, 6.45) is 4.68. The number of pyridine rings is 1. The minimum absolute atomic E-state index is 0.428. The van der Waals surface area contributed by atoms with Crippen LogP contribution in [0.2, 0.25) is 5.02 Å². The van der Waals surface area contributed by atoms with Crippen LogP contribution in [0.25, 0.3) is 11.6 Å². The SMILES string of the molecule is Clc1cc(Br)cnc1-c1ncco1. The lowest BCUT2D eigenvalue weighted by atomic mass is 10.3. The highest BCUT2D eigenvalue weighted by molar-refractivity contribution is 9.10. The smallest absolute Gasteiger partial charge is 0.246 e. The van der Waals surface area contributed by atoms with Crippen molar-refractivity contribution in [3.63, 3.8) is 0 Å². The van der Waals surface area contributed by atoms with E-state index in [1.165, 1.54) is 6.26 Å². The lowest BCUT2D eigenvalue weighted by molar-refractivity contribution is 0.572. The van der Waals surface area contributed by atoms with Crippen LogP contribution in [0.3, 0.4) is 0 Å². The van der Waals surface area contributed by atoms with E-state index in [-0.39, 0.29) is 0 Å². The van der Waals surface area contributed by atoms with Crippen LogP contribution in [-0.2, 0) is 0 Å². The number of hydrogen-bond donors (Lipinski definition) is 0. The molecule has 13 heavy (non-hydrogen) atoms. The third-order valence-electron chi connectivity index (χ3n) is 1.44. The van der Waals surface area contributed by atoms with Crippen molar-refractivity contribution in [1.29, 1.82) is 0 Å². The molecule has 2 heterocycles. The van der Waals surface area contributed by atoms with Gasteiger partial charge in [0.25, 0.3) is 0 Å². The number of rotatable bonds is 1. The molecule has 0 aliphatic heterocycles. The first-order valence-electron chi connectivity index (χ1n) is 3.48. The fourth-order valence-electron chi connectivity index (χ4n) is 0.912. The fourth-order valence-corrected chi connectivity index (χ4v) is 1.62. The van der Waals surface area contributed by atoms with Gasteiger partial charge in [-0.15, -0.1) is 0 Å². The molecule has 2 aromatic heterocycles. The van der Waals surface area contributed by atoms with Crippen molar-refractivity contribution in [2.75, 3.05) is 0 Å². The zero-order valence-corrected chi connectivity index (χ0v) is 8.71. The highest BCUT2D eigenvalue weighted by Crippen LogP contribution is 2.26. The second-order valence-corrected chi connectivity index (χ2v) is 3.64. The van der Waals surface area contributed by atoms with Gasteiger partial charge in [-0.05, 0) is 22.0 Å². The summed E-state index contributed by atoms with van der Waals surface area (Å²) in [5.74, 6) is 0.428. The van der Waals surface area contributed by atoms with Crippen LogP contribution < -0.4 is 0 Å². The first kappa shape index (κ1) is 8.72. The lowest BCUT2D eigenvalue weighted by Crippen LogP contribution is -1.84. The summed E-state index contributed by atoms with van der Waals surface area (Å²) in [5.41, 5.74) is 0.551. The predicted molar refractivity (Wildman–Crippen MR) is 52.4 cm³/mol. The zero-order valence-electron chi connectivity index (χ0n) is 6.37. The van der Waals surface area contributed by atoms with Crippen molar-refractivity contribution >= 4 is 27.5 Å². The molecule has 0 aromatic carbocycles. The molecule has 0 amide bonds. The Hall–Kier alpha value is -0.870. The van der Waals surface area contributed by atoms with Gasteiger partial charge in [-0.3, -0.25) is 0 Å². The Labute approximate surface area is 87.9 Å². The summed E-state index contributed by atoms with van der Waals surface area (Å²) >= 11 is 9.19. The summed E-state index contributed by atoms with van der Waals surface area (Å²) in [5, 5.41) is 0.511. The Bertz CT molecular complexity index is 416. The van der Waals surface area contributed by atoms with Gasteiger partial charge in [0.05, 0.1) is 11.2 Å². The average molecular weight is 259 g/mol. The molecular weight excluding hydrogens is 255 g/mol. The van der Waals surface area contributed by atoms with Gasteiger partial charge in [-0.1, -0.05) is 11.6 Å². The fraction of sp³-hybridized carbons (Fsp3) is 0. The summed E-state index contributed by atoms with van der Waals surface area (Å²) in [6.45, 7) is 0. The number of aromatic nitrogens is 2. The molecule has 0 bridgehead atoms. The van der Waals surface area contributed by atoms with E-state index >= 15 is 0 Å². The molecule has 0 unspecified atom stereocenters. The van der Waals surface area contributed by atoms with E-state index in [1.807, 2.05) is 0 Å². The standard InChI is InChI=1S/C8H4BrClN2O/c9-5-3-6(10)7(12-4-5)8-11-1-2-13-8/h1-4H. The van der Waals surface area contributed by atoms with Crippen molar-refractivity contribution in [2.24, 2.45) is 0 Å². The third-order valence-corrected chi connectivity index (χ3v) is 2.16. The summed E-state index contributed by atoms with van der Waals surface area (Å²) < 4.78 is 5.89. The lowest BCUT2D eigenvalue weighted by Gasteiger charge is -1.97. The first-order chi connectivity index (χ1) is 6.27. The molecule has 0 saturated carbocycles. The summed E-state index contributed by atoms with van der Waals surface area (Å²) in [7, 11) is 0. The van der Waals surface area contributed by atoms with E-state index in [1.54, 1.807) is 18.5 Å². The average Bonchev–Trinajstić information content (AvgIpc) is 2.56. The van der Waals surface area contributed by atoms with E-state index in [4.69, 9.17) is 16.0 Å². The maximum Gasteiger partial charge on any atom is 0.246 e. The Morgan fingerprint density at radius 3 is 2.85 bits per heavy atom. The highest BCUT2D eigenvalue weighted by Gasteiger charge is 2.09. The minimum atomic E-state index is 0.428. The van der Waals surface area contributed by atoms with E-state index < -0.39 is 0 Å². The molecule has 0 aliphatic carbocycles. The van der Waals surface area contributed by atoms with Gasteiger partial charge < -0.3 is 4.42 Å². The van der Waals surface area contributed by atoms with Crippen LogP contribution in [0, 0.1) is 0 Å². The molecule has 0 aliphatic rings. The van der Waals surface area contributed by atoms with E-state index in [2.05, 4.69) is 25.9 Å². The molecule has 0 radical (unpaired) electrons. The van der Waals surface area contributed by atoms with Gasteiger partial charge in [0.2, 0.25) is 5.89 Å². The van der Waals surface area contributed by atoms with E-state index in [9.17, 15) is 0 Å². The van der Waals surface area contributed by atoms with Gasteiger partial charge in [0.15, 0.2) is 0 Å². The highest BCUT2D eigenvalue weighted by atomic mass is 79.9. The molecular formula is C8H4BrClN2O. The number of hydrogen-bond acceptors (Lipinski definition) is 3. The van der Waals surface area contributed by atoms with Crippen molar-refractivity contribution in [3.05, 3.63) is 34.2 Å². The van der Waals surface area contributed by atoms with Gasteiger partial charge in [0, 0.05) is 10.7 Å². The van der Waals surface area contributed by atoms with Gasteiger partial charge in [-0.25, -0.2) is 9.97 Å². The van der Waals surface area contributed by atoms with Gasteiger partial charge >= 0.3 is 0 Å². The van der Waals surface area contributed by atoms with Crippen molar-refractivity contribution in [1.82, 2.24) is 9.97 Å². The van der Waals surface area contributed by atoms with Crippen LogP contribution in [0.1, 0.15) is 0 Å². The van der Waals surface area contributed by atoms with Crippen LogP contribution in [-0.4, -0.2) is 9.97 Å². The van der Waals surface area contributed by atoms with Crippen molar-refractivity contribution in [3.8, 4) is 11.6 Å². The zero-order chi connectivity index (χ0) is 9.26. The van der Waals surface area contributed by atoms with Gasteiger partial charge in [0.1, 0.15) is 12.0 Å². The van der Waals surface area contributed by atoms with Crippen LogP contribution >= 0.6 is 27.5 Å². The normalized spacial score (nSPS) is 10.3. The first-order valence-corrected chi connectivity index (χ1v) is 4.65. The molecule has 0 saturated heterocycles. The summed E-state index contributed by atoms with van der Waals surface area (Å²) in [6, 6.07) is 1.74. The molecule has 0 spiro atoms. The molecule has 66 valence electrons. The Morgan fingerprint density at radius 1 is 1.38 bits per heavy atom. The molecule has 3 nitrogen and oxygen atoms in total. The van der Waals surface area contributed by atoms with E-state index in [0.717, 1.165) is 4.47 Å². The predicted octanol–water partition coefficient (Wildman–Crippen LogP) is 3.15. The minimum Gasteiger partial charge on any atom is -0.443 e. The molecule has 2 rings (SSSR count). The number of halogens is 2. The second kappa shape index (κ2) is 3.47. The molecule has 0 fully saturated rings. The third kappa shape index (κ3) is 1.73. The largest absolute Gasteiger partial charge is 0.443 e. The molecule has 0 atom stereocenters. The molecule has 2 aromatic rings. The number of oxazole rings is 1. The van der Waals surface area contributed by atoms with Crippen LogP contribution in [0.5, 0.6) is 0 Å². The maximum absolute atomic E-state index is 5.93. The van der Waals surface area contributed by atoms with Gasteiger partial charge in [-0.2, -0.15) is 0 Å².